The Morgan fingerprint density at radius 3 is 2.30 bits per heavy atom. The summed E-state index contributed by atoms with van der Waals surface area (Å²) in [6, 6.07) is 13.8. The second-order valence-electron chi connectivity index (χ2n) is 9.51. The molecule has 0 bridgehead atoms. The molecule has 0 radical (unpaired) electrons. The number of pyridine rings is 2. The van der Waals surface area contributed by atoms with Gasteiger partial charge in [0.25, 0.3) is 5.56 Å². The summed E-state index contributed by atoms with van der Waals surface area (Å²) in [7, 11) is 1.65. The van der Waals surface area contributed by atoms with Crippen molar-refractivity contribution in [1.82, 2.24) is 14.5 Å². The molecule has 0 saturated carbocycles. The van der Waals surface area contributed by atoms with Crippen LogP contribution in [0.5, 0.6) is 0 Å². The first kappa shape index (κ1) is 26.9. The summed E-state index contributed by atoms with van der Waals surface area (Å²) in [4.78, 5) is 33.8. The Kier molecular flexibility index (Phi) is 7.25. The Hall–Kier alpha value is -4.73. The molecule has 1 unspecified atom stereocenters. The van der Waals surface area contributed by atoms with Gasteiger partial charge in [0.1, 0.15) is 17.5 Å². The lowest BCUT2D eigenvalue weighted by Gasteiger charge is -2.17. The highest BCUT2D eigenvalue weighted by Gasteiger charge is 2.26. The van der Waals surface area contributed by atoms with Gasteiger partial charge in [-0.15, -0.1) is 0 Å². The summed E-state index contributed by atoms with van der Waals surface area (Å²) in [5.74, 6) is -2.84. The fourth-order valence-corrected chi connectivity index (χ4v) is 4.86. The van der Waals surface area contributed by atoms with Gasteiger partial charge in [-0.05, 0) is 60.0 Å². The molecular weight excluding hydrogens is 524 g/mol. The van der Waals surface area contributed by atoms with Crippen molar-refractivity contribution in [2.45, 2.75) is 25.7 Å². The number of H-pyrrole nitrogens is 1. The highest BCUT2D eigenvalue weighted by molar-refractivity contribution is 6.04. The van der Waals surface area contributed by atoms with Gasteiger partial charge in [0.2, 0.25) is 12.3 Å². The van der Waals surface area contributed by atoms with Crippen molar-refractivity contribution in [3.63, 3.8) is 0 Å². The van der Waals surface area contributed by atoms with E-state index in [0.29, 0.717) is 33.3 Å². The Labute approximate surface area is 226 Å². The number of fused-ring (bicyclic) bond motifs is 1. The number of anilines is 1. The van der Waals surface area contributed by atoms with E-state index in [0.717, 1.165) is 17.7 Å². The number of aromatic amines is 1. The lowest BCUT2D eigenvalue weighted by atomic mass is 9.95. The van der Waals surface area contributed by atoms with Crippen molar-refractivity contribution >= 4 is 22.6 Å². The number of nitrogens with one attached hydrogen (secondary N) is 2. The molecule has 6 nitrogen and oxygen atoms in total. The first-order valence-corrected chi connectivity index (χ1v) is 12.4. The lowest BCUT2D eigenvalue weighted by molar-refractivity contribution is -0.118. The average molecular weight is 549 g/mol. The van der Waals surface area contributed by atoms with E-state index in [-0.39, 0.29) is 16.9 Å². The number of hydrogen-bond acceptors (Lipinski definition) is 3. The van der Waals surface area contributed by atoms with Crippen molar-refractivity contribution in [2.24, 2.45) is 7.05 Å². The van der Waals surface area contributed by atoms with E-state index in [2.05, 4.69) is 15.3 Å². The van der Waals surface area contributed by atoms with Crippen LogP contribution >= 0.6 is 0 Å². The number of benzene rings is 2. The number of amides is 1. The van der Waals surface area contributed by atoms with Crippen LogP contribution in [0.2, 0.25) is 0 Å². The minimum Gasteiger partial charge on any atom is -0.354 e. The van der Waals surface area contributed by atoms with Crippen LogP contribution in [0.25, 0.3) is 33.3 Å². The maximum atomic E-state index is 13.7. The minimum atomic E-state index is -2.77. The first-order valence-electron chi connectivity index (χ1n) is 12.4. The molecule has 0 saturated heterocycles. The van der Waals surface area contributed by atoms with Gasteiger partial charge in [-0.1, -0.05) is 24.3 Å². The number of rotatable bonds is 7. The molecule has 0 aliphatic rings. The third kappa shape index (κ3) is 5.25. The van der Waals surface area contributed by atoms with E-state index in [1.165, 1.54) is 35.0 Å². The maximum absolute atomic E-state index is 13.7. The molecule has 5 aromatic rings. The molecule has 2 aromatic carbocycles. The predicted octanol–water partition coefficient (Wildman–Crippen LogP) is 6.56. The van der Waals surface area contributed by atoms with E-state index >= 15 is 0 Å². The summed E-state index contributed by atoms with van der Waals surface area (Å²) in [5.41, 5.74) is 3.64. The number of nitrogens with zero attached hydrogens (tertiary/aromatic N) is 2. The largest absolute Gasteiger partial charge is 0.354 e. The van der Waals surface area contributed by atoms with Crippen LogP contribution in [0.1, 0.15) is 23.5 Å². The number of carbonyl (C=O) groups is 1. The van der Waals surface area contributed by atoms with Gasteiger partial charge in [-0.3, -0.25) is 9.59 Å². The van der Waals surface area contributed by atoms with Gasteiger partial charge < -0.3 is 14.9 Å². The van der Waals surface area contributed by atoms with Crippen LogP contribution in [-0.4, -0.2) is 26.9 Å². The van der Waals surface area contributed by atoms with Crippen LogP contribution in [-0.2, 0) is 11.8 Å². The van der Waals surface area contributed by atoms with Gasteiger partial charge in [0.05, 0.1) is 22.5 Å². The number of halogens is 4. The van der Waals surface area contributed by atoms with E-state index in [1.807, 2.05) is 6.92 Å². The molecule has 1 atom stereocenters. The number of carbonyl (C=O) groups excluding carboxylic acids is 1. The molecule has 204 valence electrons. The normalized spacial score (nSPS) is 12.2. The second kappa shape index (κ2) is 10.8. The molecule has 3 aromatic heterocycles. The zero-order chi connectivity index (χ0) is 28.6. The van der Waals surface area contributed by atoms with Gasteiger partial charge in [-0.2, -0.15) is 0 Å². The molecule has 5 rings (SSSR count). The van der Waals surface area contributed by atoms with Crippen LogP contribution in [0.3, 0.4) is 0 Å². The number of alkyl halides is 2. The van der Waals surface area contributed by atoms with E-state index < -0.39 is 36.3 Å². The topological polar surface area (TPSA) is 79.8 Å². The van der Waals surface area contributed by atoms with Crippen LogP contribution < -0.4 is 10.9 Å². The number of hydrogen-bond donors (Lipinski definition) is 2. The second-order valence-corrected chi connectivity index (χ2v) is 9.51. The Bertz CT molecular complexity index is 1760. The SMILES string of the molecule is Cc1cn(C)c(=O)c2c(-c3ccc(F)cc3)c(-c3ccnc(NC(=O)C(CC(F)F)c4ccc(F)cc4)c3)[nH]c12. The quantitative estimate of drug-likeness (QED) is 0.226. The fourth-order valence-electron chi connectivity index (χ4n) is 4.86. The smallest absolute Gasteiger partial charge is 0.260 e. The summed E-state index contributed by atoms with van der Waals surface area (Å²) in [5, 5.41) is 3.01. The van der Waals surface area contributed by atoms with E-state index in [9.17, 15) is 27.2 Å². The summed E-state index contributed by atoms with van der Waals surface area (Å²) >= 11 is 0. The molecular formula is C30H24F4N4O2. The third-order valence-corrected chi connectivity index (χ3v) is 6.75. The van der Waals surface area contributed by atoms with Gasteiger partial charge >= 0.3 is 0 Å². The molecule has 0 fully saturated rings. The van der Waals surface area contributed by atoms with Gasteiger partial charge in [-0.25, -0.2) is 22.5 Å². The van der Waals surface area contributed by atoms with E-state index in [1.54, 1.807) is 37.5 Å². The van der Waals surface area contributed by atoms with Crippen molar-refractivity contribution in [2.75, 3.05) is 5.32 Å². The highest BCUT2D eigenvalue weighted by atomic mass is 19.3. The van der Waals surface area contributed by atoms with Crippen molar-refractivity contribution in [1.29, 1.82) is 0 Å². The fraction of sp³-hybridized carbons (Fsp3) is 0.167. The van der Waals surface area contributed by atoms with Crippen LogP contribution in [0.4, 0.5) is 23.4 Å². The average Bonchev–Trinajstić information content (AvgIpc) is 3.33. The molecule has 3 heterocycles. The third-order valence-electron chi connectivity index (χ3n) is 6.75. The molecule has 0 aliphatic heterocycles. The van der Waals surface area contributed by atoms with Crippen LogP contribution in [0, 0.1) is 18.6 Å². The first-order chi connectivity index (χ1) is 19.1. The summed E-state index contributed by atoms with van der Waals surface area (Å²) < 4.78 is 55.3. The van der Waals surface area contributed by atoms with Crippen molar-refractivity contribution < 1.29 is 22.4 Å². The number of aromatic nitrogens is 3. The highest BCUT2D eigenvalue weighted by Crippen LogP contribution is 2.38. The van der Waals surface area contributed by atoms with Gasteiger partial charge in [0.15, 0.2) is 0 Å². The Balaban J connectivity index is 1.58. The molecule has 1 amide bonds. The zero-order valence-corrected chi connectivity index (χ0v) is 21.5. The molecule has 10 heteroatoms. The van der Waals surface area contributed by atoms with Crippen molar-refractivity contribution in [3.8, 4) is 22.4 Å². The number of aryl methyl sites for hydroxylation is 2. The Morgan fingerprint density at radius 1 is 1.00 bits per heavy atom. The minimum absolute atomic E-state index is 0.0946. The predicted molar refractivity (Wildman–Crippen MR) is 145 cm³/mol. The maximum Gasteiger partial charge on any atom is 0.260 e. The molecule has 0 spiro atoms. The monoisotopic (exact) mass is 548 g/mol. The van der Waals surface area contributed by atoms with Crippen molar-refractivity contribution in [3.05, 3.63) is 106 Å². The van der Waals surface area contributed by atoms with Crippen LogP contribution in [0.15, 0.2) is 77.9 Å². The molecule has 0 aliphatic carbocycles. The zero-order valence-electron chi connectivity index (χ0n) is 21.5. The molecule has 40 heavy (non-hydrogen) atoms. The Morgan fingerprint density at radius 2 is 1.65 bits per heavy atom. The summed E-state index contributed by atoms with van der Waals surface area (Å²) in [6.07, 6.45) is -0.377. The lowest BCUT2D eigenvalue weighted by Crippen LogP contribution is -2.23. The van der Waals surface area contributed by atoms with E-state index in [4.69, 9.17) is 0 Å². The summed E-state index contributed by atoms with van der Waals surface area (Å²) in [6.45, 7) is 1.85. The van der Waals surface area contributed by atoms with Gasteiger partial charge in [0, 0.05) is 37.0 Å². The molecule has 2 N–H and O–H groups in total. The standard InChI is InChI=1S/C30H24F4N4O2/c1-16-15-38(2)30(40)26-25(18-5-9-21(32)10-6-18)28(37-27(16)26)19-11-12-35-24(13-19)36-29(39)22(14-23(33)34)17-3-7-20(31)8-4-17/h3-13,15,22-23,37H,14H2,1-2H3,(H,35,36,39).